The Bertz CT molecular complexity index is 514. The Morgan fingerprint density at radius 3 is 2.78 bits per heavy atom. The molecule has 3 saturated heterocycles. The molecule has 3 aliphatic rings. The van der Waals surface area contributed by atoms with Crippen LogP contribution in [0, 0.1) is 17.7 Å². The molecule has 1 aromatic carbocycles. The van der Waals surface area contributed by atoms with Gasteiger partial charge in [0, 0.05) is 12.1 Å². The summed E-state index contributed by atoms with van der Waals surface area (Å²) in [5, 5.41) is 3.65. The maximum absolute atomic E-state index is 13.5. The Morgan fingerprint density at radius 2 is 1.96 bits per heavy atom. The molecule has 4 rings (SSSR count). The number of hydrogen-bond donors (Lipinski definition) is 1. The number of fused-ring (bicyclic) bond motifs is 4. The molecular weight excluding hydrogens is 334 g/mol. The van der Waals surface area contributed by atoms with Crippen molar-refractivity contribution in [2.24, 2.45) is 11.8 Å². The Balaban J connectivity index is 0.000000960. The number of rotatable bonds is 2. The van der Waals surface area contributed by atoms with Crippen LogP contribution in [0.5, 0.6) is 0 Å². The fourth-order valence-electron chi connectivity index (χ4n) is 4.95. The van der Waals surface area contributed by atoms with E-state index in [0.29, 0.717) is 6.04 Å². The quantitative estimate of drug-likeness (QED) is 0.865. The topological polar surface area (TPSA) is 15.3 Å². The van der Waals surface area contributed by atoms with Crippen molar-refractivity contribution in [2.75, 3.05) is 19.6 Å². The minimum atomic E-state index is -0.0989. The van der Waals surface area contributed by atoms with Gasteiger partial charge in [-0.2, -0.15) is 0 Å². The maximum Gasteiger partial charge on any atom is 0.123 e. The molecule has 3 heterocycles. The van der Waals surface area contributed by atoms with E-state index in [1.807, 2.05) is 6.07 Å². The summed E-state index contributed by atoms with van der Waals surface area (Å²) < 4.78 is 13.5. The average Bonchev–Trinajstić information content (AvgIpc) is 2.52. The van der Waals surface area contributed by atoms with Crippen LogP contribution in [0.1, 0.15) is 31.2 Å². The van der Waals surface area contributed by atoms with Crippen LogP contribution in [-0.2, 0) is 6.42 Å². The van der Waals surface area contributed by atoms with Gasteiger partial charge in [0.2, 0.25) is 0 Å². The molecule has 3 aliphatic heterocycles. The summed E-state index contributed by atoms with van der Waals surface area (Å²) in [7, 11) is 0. The number of hydrogen-bond acceptors (Lipinski definition) is 2. The molecule has 0 radical (unpaired) electrons. The summed E-state index contributed by atoms with van der Waals surface area (Å²) in [6, 6.07) is 8.57. The highest BCUT2D eigenvalue weighted by molar-refractivity contribution is 5.85. The minimum absolute atomic E-state index is 0. The second kappa shape index (κ2) is 8.15. The van der Waals surface area contributed by atoms with Crippen LogP contribution >= 0.6 is 24.8 Å². The lowest BCUT2D eigenvalue weighted by atomic mass is 9.71. The molecule has 0 aromatic heterocycles. The molecule has 0 amide bonds. The molecule has 2 bridgehead atoms. The lowest BCUT2D eigenvalue weighted by Gasteiger charge is -2.55. The molecule has 1 aromatic rings. The molecule has 1 N–H and O–H groups in total. The number of nitrogens with zero attached hydrogens (tertiary/aromatic N) is 1. The second-order valence-electron chi connectivity index (χ2n) is 7.12. The molecule has 5 heteroatoms. The van der Waals surface area contributed by atoms with Crippen molar-refractivity contribution in [1.82, 2.24) is 10.2 Å². The van der Waals surface area contributed by atoms with Crippen molar-refractivity contribution in [3.05, 3.63) is 35.6 Å². The predicted octanol–water partition coefficient (Wildman–Crippen LogP) is 3.67. The van der Waals surface area contributed by atoms with Gasteiger partial charge in [-0.15, -0.1) is 24.8 Å². The first-order valence-corrected chi connectivity index (χ1v) is 8.52. The standard InChI is InChI=1S/C18H25FN2.2ClH/c19-16-5-3-4-13(8-16)9-18-15-10-14(11-20-12-15)17-6-1-2-7-21(17)18;;/h3-5,8,14-15,17-18,20H,1-2,6-7,9-12H2;2*1H/t14-,15+,17+,18+;;/m1../s1. The first kappa shape index (κ1) is 19.0. The first-order chi connectivity index (χ1) is 10.3. The van der Waals surface area contributed by atoms with Gasteiger partial charge in [-0.25, -0.2) is 4.39 Å². The van der Waals surface area contributed by atoms with E-state index in [0.717, 1.165) is 36.4 Å². The zero-order chi connectivity index (χ0) is 14.2. The van der Waals surface area contributed by atoms with Crippen molar-refractivity contribution in [3.8, 4) is 0 Å². The Hall–Kier alpha value is -0.350. The Labute approximate surface area is 151 Å². The highest BCUT2D eigenvalue weighted by Gasteiger charge is 2.44. The van der Waals surface area contributed by atoms with E-state index >= 15 is 0 Å². The normalized spacial score (nSPS) is 33.1. The van der Waals surface area contributed by atoms with Crippen molar-refractivity contribution in [3.63, 3.8) is 0 Å². The Morgan fingerprint density at radius 1 is 1.13 bits per heavy atom. The van der Waals surface area contributed by atoms with Crippen LogP contribution in [-0.4, -0.2) is 36.6 Å². The summed E-state index contributed by atoms with van der Waals surface area (Å²) in [5.74, 6) is 1.48. The zero-order valence-electron chi connectivity index (χ0n) is 13.4. The van der Waals surface area contributed by atoms with E-state index in [-0.39, 0.29) is 30.6 Å². The van der Waals surface area contributed by atoms with Crippen LogP contribution in [0.25, 0.3) is 0 Å². The second-order valence-corrected chi connectivity index (χ2v) is 7.12. The molecule has 0 unspecified atom stereocenters. The summed E-state index contributed by atoms with van der Waals surface area (Å²) in [4.78, 5) is 2.79. The van der Waals surface area contributed by atoms with E-state index in [4.69, 9.17) is 0 Å². The van der Waals surface area contributed by atoms with Gasteiger partial charge in [0.25, 0.3) is 0 Å². The van der Waals surface area contributed by atoms with Gasteiger partial charge in [-0.05, 0) is 74.8 Å². The van der Waals surface area contributed by atoms with Crippen LogP contribution < -0.4 is 5.32 Å². The maximum atomic E-state index is 13.5. The van der Waals surface area contributed by atoms with Gasteiger partial charge in [0.05, 0.1) is 0 Å². The summed E-state index contributed by atoms with van der Waals surface area (Å²) >= 11 is 0. The molecule has 0 saturated carbocycles. The molecule has 4 atom stereocenters. The third-order valence-corrected chi connectivity index (χ3v) is 5.86. The van der Waals surface area contributed by atoms with Crippen molar-refractivity contribution in [2.45, 2.75) is 44.2 Å². The minimum Gasteiger partial charge on any atom is -0.316 e. The SMILES string of the molecule is Cl.Cl.Fc1cccc(C[C@H]2[C@@H]3CNC[C@@H](C3)[C@@H]3CCCCN32)c1. The van der Waals surface area contributed by atoms with Gasteiger partial charge in [0.1, 0.15) is 5.82 Å². The fourth-order valence-corrected chi connectivity index (χ4v) is 4.95. The fraction of sp³-hybridized carbons (Fsp3) is 0.667. The van der Waals surface area contributed by atoms with Gasteiger partial charge in [0.15, 0.2) is 0 Å². The largest absolute Gasteiger partial charge is 0.316 e. The highest BCUT2D eigenvalue weighted by Crippen LogP contribution is 2.40. The molecule has 130 valence electrons. The lowest BCUT2D eigenvalue weighted by Crippen LogP contribution is -2.63. The lowest BCUT2D eigenvalue weighted by molar-refractivity contribution is -0.0382. The third kappa shape index (κ3) is 3.84. The van der Waals surface area contributed by atoms with Crippen LogP contribution in [0.15, 0.2) is 24.3 Å². The highest BCUT2D eigenvalue weighted by atomic mass is 35.5. The van der Waals surface area contributed by atoms with Crippen LogP contribution in [0.4, 0.5) is 4.39 Å². The zero-order valence-corrected chi connectivity index (χ0v) is 15.1. The Kier molecular flexibility index (Phi) is 6.73. The smallest absolute Gasteiger partial charge is 0.123 e. The van der Waals surface area contributed by atoms with Gasteiger partial charge >= 0.3 is 0 Å². The van der Waals surface area contributed by atoms with Crippen LogP contribution in [0.2, 0.25) is 0 Å². The van der Waals surface area contributed by atoms with Gasteiger partial charge in [-0.1, -0.05) is 18.6 Å². The van der Waals surface area contributed by atoms with Crippen molar-refractivity contribution >= 4 is 24.8 Å². The summed E-state index contributed by atoms with van der Waals surface area (Å²) in [6.07, 6.45) is 6.46. The van der Waals surface area contributed by atoms with Gasteiger partial charge < -0.3 is 5.32 Å². The summed E-state index contributed by atoms with van der Waals surface area (Å²) in [6.45, 7) is 3.59. The third-order valence-electron chi connectivity index (χ3n) is 5.86. The molecule has 23 heavy (non-hydrogen) atoms. The predicted molar refractivity (Wildman–Crippen MR) is 97.2 cm³/mol. The monoisotopic (exact) mass is 360 g/mol. The van der Waals surface area contributed by atoms with E-state index in [1.54, 1.807) is 12.1 Å². The van der Waals surface area contributed by atoms with Crippen molar-refractivity contribution < 1.29 is 4.39 Å². The van der Waals surface area contributed by atoms with E-state index < -0.39 is 0 Å². The molecule has 0 spiro atoms. The van der Waals surface area contributed by atoms with E-state index in [1.165, 1.54) is 38.8 Å². The van der Waals surface area contributed by atoms with E-state index in [9.17, 15) is 4.39 Å². The van der Waals surface area contributed by atoms with Crippen LogP contribution in [0.3, 0.4) is 0 Å². The number of nitrogens with one attached hydrogen (secondary N) is 1. The molecule has 0 aliphatic carbocycles. The number of piperidine rings is 3. The first-order valence-electron chi connectivity index (χ1n) is 8.52. The average molecular weight is 361 g/mol. The molecule has 3 fully saturated rings. The number of benzene rings is 1. The molecule has 2 nitrogen and oxygen atoms in total. The van der Waals surface area contributed by atoms with Crippen molar-refractivity contribution in [1.29, 1.82) is 0 Å². The molecular formula is C18H27Cl2FN2. The van der Waals surface area contributed by atoms with Gasteiger partial charge in [-0.3, -0.25) is 4.90 Å². The van der Waals surface area contributed by atoms with E-state index in [2.05, 4.69) is 16.3 Å². The summed E-state index contributed by atoms with van der Waals surface area (Å²) in [5.41, 5.74) is 1.16. The number of halogens is 3.